The maximum Gasteiger partial charge on any atom is 0.408 e. The van der Waals surface area contributed by atoms with Crippen molar-refractivity contribution in [3.63, 3.8) is 0 Å². The van der Waals surface area contributed by atoms with Crippen molar-refractivity contribution >= 4 is 22.8 Å². The van der Waals surface area contributed by atoms with Crippen molar-refractivity contribution in [2.45, 2.75) is 38.4 Å². The zero-order valence-electron chi connectivity index (χ0n) is 21.2. The molecular weight excluding hydrogens is 546 g/mol. The van der Waals surface area contributed by atoms with Crippen LogP contribution in [-0.4, -0.2) is 64.2 Å². The number of nitrogens with zero attached hydrogens (tertiary/aromatic N) is 3. The number of halogens is 6. The first-order chi connectivity index (χ1) is 18.8. The van der Waals surface area contributed by atoms with Crippen LogP contribution in [0, 0.1) is 22.9 Å². The number of benzene rings is 1. The van der Waals surface area contributed by atoms with Crippen LogP contribution in [0.5, 0.6) is 0 Å². The van der Waals surface area contributed by atoms with Gasteiger partial charge in [0.2, 0.25) is 5.43 Å². The zero-order chi connectivity index (χ0) is 29.4. The lowest BCUT2D eigenvalue weighted by atomic mass is 9.80. The van der Waals surface area contributed by atoms with Crippen LogP contribution in [-0.2, 0) is 0 Å². The molecule has 1 saturated heterocycles. The highest BCUT2D eigenvalue weighted by Gasteiger charge is 2.40. The number of aliphatic hydroxyl groups is 2. The smallest absolute Gasteiger partial charge is 0.396 e. The largest absolute Gasteiger partial charge is 0.408 e. The molecule has 1 fully saturated rings. The summed E-state index contributed by atoms with van der Waals surface area (Å²) in [5.41, 5.74) is -3.77. The predicted molar refractivity (Wildman–Crippen MR) is 133 cm³/mol. The van der Waals surface area contributed by atoms with Crippen molar-refractivity contribution < 1.29 is 41.4 Å². The number of carbonyl (C=O) groups is 1. The maximum atomic E-state index is 14.9. The minimum atomic E-state index is -4.82. The van der Waals surface area contributed by atoms with Crippen LogP contribution in [0.15, 0.2) is 35.3 Å². The number of nitrogens with one attached hydrogen (secondary N) is 1. The molecule has 0 saturated carbocycles. The number of pyridine rings is 2. The highest BCUT2D eigenvalue weighted by Crippen LogP contribution is 2.33. The number of alkyl halides is 3. The van der Waals surface area contributed by atoms with E-state index in [1.165, 1.54) is 19.1 Å². The van der Waals surface area contributed by atoms with Gasteiger partial charge >= 0.3 is 6.18 Å². The van der Waals surface area contributed by atoms with Gasteiger partial charge in [-0.15, -0.1) is 0 Å². The lowest BCUT2D eigenvalue weighted by Gasteiger charge is -2.40. The first-order valence-electron chi connectivity index (χ1n) is 12.4. The first-order valence-corrected chi connectivity index (χ1v) is 12.4. The summed E-state index contributed by atoms with van der Waals surface area (Å²) < 4.78 is 84.0. The van der Waals surface area contributed by atoms with E-state index in [-0.39, 0.29) is 30.1 Å². The van der Waals surface area contributed by atoms with Crippen LogP contribution in [0.3, 0.4) is 0 Å². The average Bonchev–Trinajstić information content (AvgIpc) is 2.91. The van der Waals surface area contributed by atoms with Crippen LogP contribution in [0.2, 0.25) is 0 Å². The Labute approximate surface area is 223 Å². The summed E-state index contributed by atoms with van der Waals surface area (Å²) in [4.78, 5) is 32.2. The molecule has 1 aliphatic rings. The van der Waals surface area contributed by atoms with Gasteiger partial charge in [-0.3, -0.25) is 14.2 Å². The topological polar surface area (TPSA) is 108 Å². The number of hydrogen-bond acceptors (Lipinski definition) is 6. The van der Waals surface area contributed by atoms with Gasteiger partial charge < -0.3 is 20.4 Å². The molecule has 1 atom stereocenters. The van der Waals surface area contributed by atoms with Crippen LogP contribution in [0.4, 0.5) is 32.2 Å². The molecule has 3 aromatic rings. The number of aromatic nitrogens is 2. The molecular formula is C26H26F6N4O4. The monoisotopic (exact) mass is 572 g/mol. The van der Waals surface area contributed by atoms with E-state index >= 15 is 0 Å². The van der Waals surface area contributed by atoms with Crippen molar-refractivity contribution in [2.75, 3.05) is 31.2 Å². The van der Waals surface area contributed by atoms with Gasteiger partial charge in [0, 0.05) is 36.8 Å². The first kappa shape index (κ1) is 29.3. The highest BCUT2D eigenvalue weighted by molar-refractivity contribution is 5.97. The quantitative estimate of drug-likeness (QED) is 0.375. The van der Waals surface area contributed by atoms with E-state index in [4.69, 9.17) is 0 Å². The molecule has 14 heteroatoms. The summed E-state index contributed by atoms with van der Waals surface area (Å²) in [6, 6.07) is 1.09. The Hall–Kier alpha value is -3.65. The molecule has 0 aliphatic carbocycles. The van der Waals surface area contributed by atoms with Crippen LogP contribution in [0.1, 0.15) is 36.5 Å². The summed E-state index contributed by atoms with van der Waals surface area (Å²) >= 11 is 0. The van der Waals surface area contributed by atoms with Crippen LogP contribution < -0.4 is 15.6 Å². The summed E-state index contributed by atoms with van der Waals surface area (Å²) in [5.74, 6) is -5.21. The van der Waals surface area contributed by atoms with Gasteiger partial charge in [-0.25, -0.2) is 18.2 Å². The Balaban J connectivity index is 1.88. The van der Waals surface area contributed by atoms with E-state index in [1.54, 1.807) is 10.2 Å². The number of piperidine rings is 1. The third-order valence-corrected chi connectivity index (χ3v) is 7.23. The SMILES string of the molecule is CC[C@H](NC(=O)c1cn(-c2c(F)cc(F)cc2F)c2nc(N3CCC(CO)(CO)CC3)ccc2c1=O)C(F)(F)F. The minimum absolute atomic E-state index is 0.233. The molecule has 2 aromatic heterocycles. The van der Waals surface area contributed by atoms with Gasteiger partial charge in [0.1, 0.15) is 28.9 Å². The predicted octanol–water partition coefficient (Wildman–Crippen LogP) is 3.44. The zero-order valence-corrected chi connectivity index (χ0v) is 21.2. The molecule has 3 N–H and O–H groups in total. The molecule has 3 heterocycles. The minimum Gasteiger partial charge on any atom is -0.396 e. The second-order valence-corrected chi connectivity index (χ2v) is 9.78. The van der Waals surface area contributed by atoms with Gasteiger partial charge in [0.05, 0.1) is 18.6 Å². The third kappa shape index (κ3) is 5.50. The average molecular weight is 573 g/mol. The van der Waals surface area contributed by atoms with Gasteiger partial charge in [0.15, 0.2) is 17.3 Å². The lowest BCUT2D eigenvalue weighted by molar-refractivity contribution is -0.153. The van der Waals surface area contributed by atoms with Crippen molar-refractivity contribution in [3.05, 3.63) is 63.7 Å². The Kier molecular flexibility index (Phi) is 8.13. The number of anilines is 1. The third-order valence-electron chi connectivity index (χ3n) is 7.23. The van der Waals surface area contributed by atoms with E-state index in [2.05, 4.69) is 4.98 Å². The number of amides is 1. The molecule has 1 aliphatic heterocycles. The molecule has 1 amide bonds. The molecule has 1 aromatic carbocycles. The van der Waals surface area contributed by atoms with E-state index in [1.807, 2.05) is 0 Å². The van der Waals surface area contributed by atoms with Crippen molar-refractivity contribution in [3.8, 4) is 5.69 Å². The van der Waals surface area contributed by atoms with Crippen LogP contribution >= 0.6 is 0 Å². The molecule has 216 valence electrons. The van der Waals surface area contributed by atoms with E-state index < -0.39 is 64.1 Å². The normalized spacial score (nSPS) is 16.3. The van der Waals surface area contributed by atoms with Gasteiger partial charge in [-0.05, 0) is 31.4 Å². The fourth-order valence-corrected chi connectivity index (χ4v) is 4.69. The standard InChI is InChI=1S/C26H26F6N4O4/c1-2-19(26(30,31)32)33-24(40)16-11-36(21-17(28)9-14(27)10-18(21)29)23-15(22(16)39)3-4-20(34-23)35-7-5-25(12-37,13-38)6-8-35/h3-4,9-11,19,37-38H,2,5-8,12-13H2,1H3,(H,33,40)/t19-/m0/s1. The van der Waals surface area contributed by atoms with Crippen LogP contribution in [0.25, 0.3) is 16.7 Å². The lowest BCUT2D eigenvalue weighted by Crippen LogP contribution is -2.46. The Morgan fingerprint density at radius 2 is 1.70 bits per heavy atom. The van der Waals surface area contributed by atoms with Gasteiger partial charge in [-0.1, -0.05) is 6.92 Å². The highest BCUT2D eigenvalue weighted by atomic mass is 19.4. The maximum absolute atomic E-state index is 14.9. The Bertz CT molecular complexity index is 1460. The molecule has 0 unspecified atom stereocenters. The summed E-state index contributed by atoms with van der Waals surface area (Å²) in [5, 5.41) is 20.7. The molecule has 40 heavy (non-hydrogen) atoms. The summed E-state index contributed by atoms with van der Waals surface area (Å²) in [6.45, 7) is 1.38. The molecule has 0 spiro atoms. The molecule has 4 rings (SSSR count). The van der Waals surface area contributed by atoms with E-state index in [9.17, 15) is 46.1 Å². The summed E-state index contributed by atoms with van der Waals surface area (Å²) in [7, 11) is 0. The van der Waals surface area contributed by atoms with Crippen molar-refractivity contribution in [2.24, 2.45) is 5.41 Å². The number of rotatable bonds is 7. The molecule has 0 bridgehead atoms. The number of hydrogen-bond donors (Lipinski definition) is 3. The van der Waals surface area contributed by atoms with Gasteiger partial charge in [-0.2, -0.15) is 13.2 Å². The number of aliphatic hydroxyl groups excluding tert-OH is 2. The fraction of sp³-hybridized carbons (Fsp3) is 0.423. The second-order valence-electron chi connectivity index (χ2n) is 9.78. The fourth-order valence-electron chi connectivity index (χ4n) is 4.69. The number of carbonyl (C=O) groups excluding carboxylic acids is 1. The Morgan fingerprint density at radius 1 is 1.10 bits per heavy atom. The Morgan fingerprint density at radius 3 is 2.23 bits per heavy atom. The molecule has 0 radical (unpaired) electrons. The second kappa shape index (κ2) is 11.1. The van der Waals surface area contributed by atoms with E-state index in [0.717, 1.165) is 0 Å². The number of fused-ring (bicyclic) bond motifs is 1. The molecule has 8 nitrogen and oxygen atoms in total. The van der Waals surface area contributed by atoms with Gasteiger partial charge in [0.25, 0.3) is 5.91 Å². The van der Waals surface area contributed by atoms with E-state index in [0.29, 0.717) is 48.8 Å². The summed E-state index contributed by atoms with van der Waals surface area (Å²) in [6.07, 6.45) is -3.88. The van der Waals surface area contributed by atoms with Crippen molar-refractivity contribution in [1.82, 2.24) is 14.9 Å². The van der Waals surface area contributed by atoms with Crippen molar-refractivity contribution in [1.29, 1.82) is 0 Å².